The summed E-state index contributed by atoms with van der Waals surface area (Å²) in [7, 11) is 1.70. The summed E-state index contributed by atoms with van der Waals surface area (Å²) in [6, 6.07) is 0.460. The number of fused-ring (bicyclic) bond motifs is 1. The molecule has 1 amide bonds. The third kappa shape index (κ3) is 2.52. The summed E-state index contributed by atoms with van der Waals surface area (Å²) >= 11 is 0. The fourth-order valence-electron chi connectivity index (χ4n) is 3.72. The topological polar surface area (TPSA) is 50.4 Å². The Morgan fingerprint density at radius 1 is 1.42 bits per heavy atom. The molecule has 4 nitrogen and oxygen atoms in total. The van der Waals surface area contributed by atoms with Crippen LogP contribution in [0.4, 0.5) is 0 Å². The van der Waals surface area contributed by atoms with Crippen LogP contribution in [-0.4, -0.2) is 38.3 Å². The SMILES string of the molecule is CNC(=O)C(C)(C)CN[C@@H]1[C@H]2CCCO[C@@H]2C1(C)C. The number of ether oxygens (including phenoxy) is 1. The van der Waals surface area contributed by atoms with Crippen molar-refractivity contribution in [1.82, 2.24) is 10.6 Å². The zero-order valence-electron chi connectivity index (χ0n) is 12.9. The smallest absolute Gasteiger partial charge is 0.226 e. The van der Waals surface area contributed by atoms with Crippen molar-refractivity contribution in [2.45, 2.75) is 52.7 Å². The maximum absolute atomic E-state index is 11.8. The van der Waals surface area contributed by atoms with Gasteiger partial charge in [0.1, 0.15) is 0 Å². The van der Waals surface area contributed by atoms with E-state index >= 15 is 0 Å². The number of carbonyl (C=O) groups is 1. The molecule has 2 N–H and O–H groups in total. The van der Waals surface area contributed by atoms with E-state index in [4.69, 9.17) is 4.74 Å². The molecule has 1 aliphatic carbocycles. The lowest BCUT2D eigenvalue weighted by Gasteiger charge is -2.60. The van der Waals surface area contributed by atoms with E-state index in [2.05, 4.69) is 24.5 Å². The quantitative estimate of drug-likeness (QED) is 0.813. The van der Waals surface area contributed by atoms with Crippen LogP contribution in [0.2, 0.25) is 0 Å². The first-order chi connectivity index (χ1) is 8.80. The van der Waals surface area contributed by atoms with Crippen LogP contribution in [0.3, 0.4) is 0 Å². The maximum Gasteiger partial charge on any atom is 0.226 e. The predicted octanol–water partition coefficient (Wildman–Crippen LogP) is 1.55. The Labute approximate surface area is 116 Å². The van der Waals surface area contributed by atoms with Gasteiger partial charge in [0.05, 0.1) is 11.5 Å². The first kappa shape index (κ1) is 14.8. The Bertz CT molecular complexity index is 352. The molecule has 0 unspecified atom stereocenters. The van der Waals surface area contributed by atoms with Crippen molar-refractivity contribution in [3.8, 4) is 0 Å². The van der Waals surface area contributed by atoms with E-state index in [1.54, 1.807) is 7.05 Å². The Morgan fingerprint density at radius 2 is 2.11 bits per heavy atom. The fraction of sp³-hybridized carbons (Fsp3) is 0.933. The van der Waals surface area contributed by atoms with Gasteiger partial charge in [-0.3, -0.25) is 4.79 Å². The molecule has 3 atom stereocenters. The first-order valence-electron chi connectivity index (χ1n) is 7.38. The number of amides is 1. The Kier molecular flexibility index (Phi) is 3.94. The standard InChI is InChI=1S/C15H28N2O2/c1-14(2,13(18)16-5)9-17-11-10-7-6-8-19-12(10)15(11,3)4/h10-12,17H,6-9H2,1-5H3,(H,16,18)/t10-,11-,12+/m1/s1. The highest BCUT2D eigenvalue weighted by Crippen LogP contribution is 2.51. The molecule has 1 saturated heterocycles. The lowest BCUT2D eigenvalue weighted by molar-refractivity contribution is -0.193. The van der Waals surface area contributed by atoms with Gasteiger partial charge in [-0.1, -0.05) is 13.8 Å². The molecule has 2 fully saturated rings. The van der Waals surface area contributed by atoms with Gasteiger partial charge in [-0.05, 0) is 26.7 Å². The Hall–Kier alpha value is -0.610. The van der Waals surface area contributed by atoms with Crippen molar-refractivity contribution < 1.29 is 9.53 Å². The Balaban J connectivity index is 1.94. The van der Waals surface area contributed by atoms with Gasteiger partial charge < -0.3 is 15.4 Å². The van der Waals surface area contributed by atoms with Crippen molar-refractivity contribution in [2.24, 2.45) is 16.7 Å². The van der Waals surface area contributed by atoms with Crippen LogP contribution in [-0.2, 0) is 9.53 Å². The molecule has 0 radical (unpaired) electrons. The zero-order valence-corrected chi connectivity index (χ0v) is 12.9. The van der Waals surface area contributed by atoms with Gasteiger partial charge in [0.25, 0.3) is 0 Å². The van der Waals surface area contributed by atoms with Crippen LogP contribution < -0.4 is 10.6 Å². The van der Waals surface area contributed by atoms with Crippen LogP contribution in [0.15, 0.2) is 0 Å². The van der Waals surface area contributed by atoms with Crippen molar-refractivity contribution in [1.29, 1.82) is 0 Å². The molecule has 2 aliphatic rings. The summed E-state index contributed by atoms with van der Waals surface area (Å²) in [5.41, 5.74) is -0.199. The lowest BCUT2D eigenvalue weighted by atomic mass is 9.55. The van der Waals surface area contributed by atoms with Gasteiger partial charge in [0.15, 0.2) is 0 Å². The number of nitrogens with one attached hydrogen (secondary N) is 2. The van der Waals surface area contributed by atoms with Crippen LogP contribution in [0.5, 0.6) is 0 Å². The lowest BCUT2D eigenvalue weighted by Crippen LogP contribution is -2.70. The van der Waals surface area contributed by atoms with Gasteiger partial charge in [-0.25, -0.2) is 0 Å². The summed E-state index contributed by atoms with van der Waals surface area (Å²) in [6.45, 7) is 10.1. The first-order valence-corrected chi connectivity index (χ1v) is 7.38. The molecule has 0 bridgehead atoms. The minimum Gasteiger partial charge on any atom is -0.377 e. The second-order valence-electron chi connectivity index (χ2n) is 7.24. The number of hydrogen-bond acceptors (Lipinski definition) is 3. The second kappa shape index (κ2) is 5.06. The molecular weight excluding hydrogens is 240 g/mol. The fourth-order valence-corrected chi connectivity index (χ4v) is 3.72. The number of carbonyl (C=O) groups excluding carboxylic acids is 1. The average Bonchev–Trinajstić information content (AvgIpc) is 2.37. The molecule has 1 aliphatic heterocycles. The summed E-state index contributed by atoms with van der Waals surface area (Å²) in [6.07, 6.45) is 2.79. The van der Waals surface area contributed by atoms with E-state index in [-0.39, 0.29) is 16.7 Å². The highest BCUT2D eigenvalue weighted by molar-refractivity contribution is 5.81. The zero-order chi connectivity index (χ0) is 14.3. The molecule has 2 rings (SSSR count). The Morgan fingerprint density at radius 3 is 2.74 bits per heavy atom. The van der Waals surface area contributed by atoms with Crippen molar-refractivity contribution >= 4 is 5.91 Å². The third-order valence-electron chi connectivity index (χ3n) is 4.94. The molecule has 0 spiro atoms. The molecule has 110 valence electrons. The van der Waals surface area contributed by atoms with Gasteiger partial charge in [0.2, 0.25) is 5.91 Å². The molecule has 1 saturated carbocycles. The van der Waals surface area contributed by atoms with Crippen molar-refractivity contribution in [3.63, 3.8) is 0 Å². The molecule has 1 heterocycles. The predicted molar refractivity (Wildman–Crippen MR) is 75.9 cm³/mol. The minimum absolute atomic E-state index is 0.0913. The van der Waals surface area contributed by atoms with E-state index in [0.29, 0.717) is 24.6 Å². The summed E-state index contributed by atoms with van der Waals surface area (Å²) in [5.74, 6) is 0.706. The van der Waals surface area contributed by atoms with E-state index < -0.39 is 0 Å². The van der Waals surface area contributed by atoms with E-state index in [0.717, 1.165) is 13.0 Å². The average molecular weight is 268 g/mol. The second-order valence-corrected chi connectivity index (χ2v) is 7.24. The van der Waals surface area contributed by atoms with Crippen LogP contribution in [0.1, 0.15) is 40.5 Å². The minimum atomic E-state index is -0.370. The van der Waals surface area contributed by atoms with Crippen LogP contribution in [0.25, 0.3) is 0 Å². The van der Waals surface area contributed by atoms with Crippen molar-refractivity contribution in [2.75, 3.05) is 20.2 Å². The van der Waals surface area contributed by atoms with E-state index in [1.807, 2.05) is 13.8 Å². The normalized spacial score (nSPS) is 33.2. The van der Waals surface area contributed by atoms with E-state index in [9.17, 15) is 4.79 Å². The maximum atomic E-state index is 11.8. The van der Waals surface area contributed by atoms with E-state index in [1.165, 1.54) is 6.42 Å². The molecule has 19 heavy (non-hydrogen) atoms. The highest BCUT2D eigenvalue weighted by Gasteiger charge is 2.57. The largest absolute Gasteiger partial charge is 0.377 e. The third-order valence-corrected chi connectivity index (χ3v) is 4.94. The molecular formula is C15H28N2O2. The molecule has 4 heteroatoms. The summed E-state index contributed by atoms with van der Waals surface area (Å²) < 4.78 is 5.90. The van der Waals surface area contributed by atoms with Crippen LogP contribution in [0, 0.1) is 16.7 Å². The summed E-state index contributed by atoms with van der Waals surface area (Å²) in [5, 5.41) is 6.36. The van der Waals surface area contributed by atoms with Gasteiger partial charge in [0, 0.05) is 37.6 Å². The van der Waals surface area contributed by atoms with Crippen molar-refractivity contribution in [3.05, 3.63) is 0 Å². The number of rotatable bonds is 4. The monoisotopic (exact) mass is 268 g/mol. The molecule has 0 aromatic heterocycles. The highest BCUT2D eigenvalue weighted by atomic mass is 16.5. The number of hydrogen-bond donors (Lipinski definition) is 2. The van der Waals surface area contributed by atoms with Gasteiger partial charge >= 0.3 is 0 Å². The van der Waals surface area contributed by atoms with Gasteiger partial charge in [-0.15, -0.1) is 0 Å². The molecule has 0 aromatic rings. The molecule has 0 aromatic carbocycles. The van der Waals surface area contributed by atoms with Crippen LogP contribution >= 0.6 is 0 Å². The summed E-state index contributed by atoms with van der Waals surface area (Å²) in [4.78, 5) is 11.8. The van der Waals surface area contributed by atoms with Gasteiger partial charge in [-0.2, -0.15) is 0 Å².